The Morgan fingerprint density at radius 3 is 2.39 bits per heavy atom. The second-order valence-electron chi connectivity index (χ2n) is 6.26. The van der Waals surface area contributed by atoms with Crippen molar-refractivity contribution in [2.75, 3.05) is 0 Å². The van der Waals surface area contributed by atoms with Gasteiger partial charge in [0.25, 0.3) is 0 Å². The quantitative estimate of drug-likeness (QED) is 0.695. The monoisotopic (exact) mass is 260 g/mol. The first-order valence-corrected chi connectivity index (χ1v) is 10.3. The highest BCUT2D eigenvalue weighted by Crippen LogP contribution is 2.32. The summed E-state index contributed by atoms with van der Waals surface area (Å²) >= 11 is 0. The third-order valence-electron chi connectivity index (χ3n) is 3.27. The lowest BCUT2D eigenvalue weighted by atomic mass is 9.88. The SMILES string of the molecule is Cc1ccc(C2C=C(O[Si](C)(C)C)CCC2)cc1. The minimum atomic E-state index is -1.45. The van der Waals surface area contributed by atoms with Crippen molar-refractivity contribution in [1.82, 2.24) is 0 Å². The van der Waals surface area contributed by atoms with Crippen LogP contribution >= 0.6 is 0 Å². The van der Waals surface area contributed by atoms with Gasteiger partial charge < -0.3 is 4.43 Å². The molecule has 1 aromatic carbocycles. The molecule has 0 saturated carbocycles. The lowest BCUT2D eigenvalue weighted by Gasteiger charge is -2.27. The topological polar surface area (TPSA) is 9.23 Å². The van der Waals surface area contributed by atoms with Crippen LogP contribution in [0, 0.1) is 6.92 Å². The zero-order valence-electron chi connectivity index (χ0n) is 12.0. The fourth-order valence-electron chi connectivity index (χ4n) is 2.44. The van der Waals surface area contributed by atoms with E-state index in [0.29, 0.717) is 5.92 Å². The Labute approximate surface area is 112 Å². The molecule has 0 amide bonds. The number of aryl methyl sites for hydroxylation is 1. The summed E-state index contributed by atoms with van der Waals surface area (Å²) < 4.78 is 6.15. The molecule has 1 aromatic rings. The highest BCUT2D eigenvalue weighted by Gasteiger charge is 2.21. The van der Waals surface area contributed by atoms with Gasteiger partial charge in [0.15, 0.2) is 0 Å². The number of rotatable bonds is 3. The van der Waals surface area contributed by atoms with Crippen LogP contribution in [0.5, 0.6) is 0 Å². The van der Waals surface area contributed by atoms with E-state index in [4.69, 9.17) is 4.43 Å². The van der Waals surface area contributed by atoms with Crippen LogP contribution in [0.1, 0.15) is 36.3 Å². The molecule has 0 radical (unpaired) electrons. The highest BCUT2D eigenvalue weighted by molar-refractivity contribution is 6.70. The van der Waals surface area contributed by atoms with E-state index in [9.17, 15) is 0 Å². The summed E-state index contributed by atoms with van der Waals surface area (Å²) in [5, 5.41) is 0. The van der Waals surface area contributed by atoms with Gasteiger partial charge >= 0.3 is 0 Å². The standard InChI is InChI=1S/C16H24OSi/c1-13-8-10-14(11-9-13)15-6-5-7-16(12-15)17-18(2,3)4/h8-12,15H,5-7H2,1-4H3. The Hall–Kier alpha value is -1.02. The molecular formula is C16H24OSi. The van der Waals surface area contributed by atoms with Gasteiger partial charge in [-0.2, -0.15) is 0 Å². The Morgan fingerprint density at radius 2 is 1.78 bits per heavy atom. The summed E-state index contributed by atoms with van der Waals surface area (Å²) in [6.07, 6.45) is 5.97. The smallest absolute Gasteiger partial charge is 0.241 e. The zero-order chi connectivity index (χ0) is 13.2. The molecular weight excluding hydrogens is 236 g/mol. The third-order valence-corrected chi connectivity index (χ3v) is 4.14. The normalized spacial score (nSPS) is 20.4. The molecule has 0 aromatic heterocycles. The van der Waals surface area contributed by atoms with Gasteiger partial charge in [0.2, 0.25) is 8.32 Å². The number of allylic oxidation sites excluding steroid dienone is 2. The Bertz CT molecular complexity index is 425. The van der Waals surface area contributed by atoms with Gasteiger partial charge in [-0.3, -0.25) is 0 Å². The van der Waals surface area contributed by atoms with Gasteiger partial charge in [-0.05, 0) is 51.0 Å². The van der Waals surface area contributed by atoms with Crippen molar-refractivity contribution in [2.45, 2.75) is 51.7 Å². The molecule has 2 heteroatoms. The van der Waals surface area contributed by atoms with Crippen molar-refractivity contribution in [1.29, 1.82) is 0 Å². The van der Waals surface area contributed by atoms with Crippen LogP contribution in [-0.2, 0) is 4.43 Å². The molecule has 0 N–H and O–H groups in total. The van der Waals surface area contributed by atoms with Crippen molar-refractivity contribution >= 4 is 8.32 Å². The molecule has 1 aliphatic rings. The molecule has 2 rings (SSSR count). The van der Waals surface area contributed by atoms with E-state index in [1.165, 1.54) is 29.7 Å². The van der Waals surface area contributed by atoms with Crippen molar-refractivity contribution in [3.63, 3.8) is 0 Å². The average molecular weight is 260 g/mol. The Morgan fingerprint density at radius 1 is 1.11 bits per heavy atom. The molecule has 1 nitrogen and oxygen atoms in total. The Kier molecular flexibility index (Phi) is 3.96. The fourth-order valence-corrected chi connectivity index (χ4v) is 3.40. The van der Waals surface area contributed by atoms with E-state index in [1.807, 2.05) is 0 Å². The zero-order valence-corrected chi connectivity index (χ0v) is 13.0. The summed E-state index contributed by atoms with van der Waals surface area (Å²) in [5.74, 6) is 1.77. The summed E-state index contributed by atoms with van der Waals surface area (Å²) in [4.78, 5) is 0. The third kappa shape index (κ3) is 3.74. The second kappa shape index (κ2) is 5.31. The van der Waals surface area contributed by atoms with Gasteiger partial charge in [-0.15, -0.1) is 0 Å². The maximum Gasteiger partial charge on any atom is 0.241 e. The molecule has 98 valence electrons. The van der Waals surface area contributed by atoms with Crippen molar-refractivity contribution in [3.8, 4) is 0 Å². The van der Waals surface area contributed by atoms with Gasteiger partial charge in [-0.1, -0.05) is 29.8 Å². The number of hydrogen-bond donors (Lipinski definition) is 0. The van der Waals surface area contributed by atoms with E-state index in [2.05, 4.69) is 56.9 Å². The van der Waals surface area contributed by atoms with E-state index >= 15 is 0 Å². The molecule has 0 aliphatic heterocycles. The minimum absolute atomic E-state index is 0.547. The predicted molar refractivity (Wildman–Crippen MR) is 80.3 cm³/mol. The molecule has 1 aliphatic carbocycles. The molecule has 0 saturated heterocycles. The first-order valence-electron chi connectivity index (χ1n) is 6.90. The highest BCUT2D eigenvalue weighted by atomic mass is 28.4. The first kappa shape index (κ1) is 13.4. The van der Waals surface area contributed by atoms with Crippen LogP contribution in [0.15, 0.2) is 36.1 Å². The van der Waals surface area contributed by atoms with E-state index in [1.54, 1.807) is 0 Å². The largest absolute Gasteiger partial charge is 0.548 e. The number of hydrogen-bond acceptors (Lipinski definition) is 1. The van der Waals surface area contributed by atoms with E-state index in [-0.39, 0.29) is 0 Å². The molecule has 1 unspecified atom stereocenters. The molecule has 0 spiro atoms. The van der Waals surface area contributed by atoms with Crippen LogP contribution in [0.2, 0.25) is 19.6 Å². The average Bonchev–Trinajstić information content (AvgIpc) is 2.28. The lowest BCUT2D eigenvalue weighted by Crippen LogP contribution is -2.25. The maximum atomic E-state index is 6.15. The summed E-state index contributed by atoms with van der Waals surface area (Å²) in [6.45, 7) is 8.90. The fraction of sp³-hybridized carbons (Fsp3) is 0.500. The number of benzene rings is 1. The molecule has 0 fully saturated rings. The van der Waals surface area contributed by atoms with Crippen molar-refractivity contribution in [2.24, 2.45) is 0 Å². The lowest BCUT2D eigenvalue weighted by molar-refractivity contribution is 0.373. The summed E-state index contributed by atoms with van der Waals surface area (Å²) in [5.41, 5.74) is 2.76. The molecule has 18 heavy (non-hydrogen) atoms. The molecule has 0 bridgehead atoms. The van der Waals surface area contributed by atoms with E-state index < -0.39 is 8.32 Å². The molecule has 0 heterocycles. The minimum Gasteiger partial charge on any atom is -0.548 e. The van der Waals surface area contributed by atoms with Crippen LogP contribution in [0.3, 0.4) is 0 Å². The van der Waals surface area contributed by atoms with Gasteiger partial charge in [0.1, 0.15) is 0 Å². The first-order chi connectivity index (χ1) is 8.44. The van der Waals surface area contributed by atoms with Crippen molar-refractivity contribution in [3.05, 3.63) is 47.2 Å². The van der Waals surface area contributed by atoms with Crippen LogP contribution in [0.4, 0.5) is 0 Å². The van der Waals surface area contributed by atoms with Gasteiger partial charge in [0, 0.05) is 12.3 Å². The summed E-state index contributed by atoms with van der Waals surface area (Å²) in [6, 6.07) is 8.93. The van der Waals surface area contributed by atoms with Crippen LogP contribution < -0.4 is 0 Å². The van der Waals surface area contributed by atoms with E-state index in [0.717, 1.165) is 6.42 Å². The van der Waals surface area contributed by atoms with Crippen LogP contribution in [-0.4, -0.2) is 8.32 Å². The maximum absolute atomic E-state index is 6.15. The molecule has 1 atom stereocenters. The van der Waals surface area contributed by atoms with Crippen molar-refractivity contribution < 1.29 is 4.43 Å². The van der Waals surface area contributed by atoms with Gasteiger partial charge in [-0.25, -0.2) is 0 Å². The summed E-state index contributed by atoms with van der Waals surface area (Å²) in [7, 11) is -1.45. The second-order valence-corrected chi connectivity index (χ2v) is 10.7. The van der Waals surface area contributed by atoms with Gasteiger partial charge in [0.05, 0.1) is 5.76 Å². The van der Waals surface area contributed by atoms with Crippen LogP contribution in [0.25, 0.3) is 0 Å². The predicted octanol–water partition coefficient (Wildman–Crippen LogP) is 5.00. The Balaban J connectivity index is 2.14.